The normalized spacial score (nSPS) is 16.8. The summed E-state index contributed by atoms with van der Waals surface area (Å²) in [5, 5.41) is 2.96. The lowest BCUT2D eigenvalue weighted by Crippen LogP contribution is -2.43. The maximum atomic E-state index is 13.4. The molecule has 3 rings (SSSR count). The van der Waals surface area contributed by atoms with Crippen molar-refractivity contribution in [1.29, 1.82) is 0 Å². The van der Waals surface area contributed by atoms with Gasteiger partial charge in [-0.2, -0.15) is 0 Å². The van der Waals surface area contributed by atoms with Crippen molar-refractivity contribution in [2.45, 2.75) is 32.7 Å². The number of nitrogens with zero attached hydrogens (tertiary/aromatic N) is 1. The minimum atomic E-state index is -0.533. The molecule has 0 saturated carbocycles. The molecule has 2 amide bonds. The molecule has 4 nitrogen and oxygen atoms in total. The van der Waals surface area contributed by atoms with E-state index in [1.54, 1.807) is 6.07 Å². The SMILES string of the molecule is Cc1cccc(C)c1NC(=O)[C@@H]1CCCN1C(=O)c1cccc(F)c1. The highest BCUT2D eigenvalue weighted by Crippen LogP contribution is 2.24. The number of halogens is 1. The van der Waals surface area contributed by atoms with E-state index >= 15 is 0 Å². The van der Waals surface area contributed by atoms with Crippen molar-refractivity contribution >= 4 is 17.5 Å². The average molecular weight is 340 g/mol. The molecule has 1 atom stereocenters. The molecule has 5 heteroatoms. The Kier molecular flexibility index (Phi) is 4.83. The van der Waals surface area contributed by atoms with E-state index in [1.165, 1.54) is 23.1 Å². The van der Waals surface area contributed by atoms with E-state index in [4.69, 9.17) is 0 Å². The Bertz CT molecular complexity index is 799. The molecule has 0 unspecified atom stereocenters. The number of anilines is 1. The van der Waals surface area contributed by atoms with Crippen LogP contribution in [0.2, 0.25) is 0 Å². The van der Waals surface area contributed by atoms with E-state index < -0.39 is 11.9 Å². The minimum absolute atomic E-state index is 0.195. The number of benzene rings is 2. The monoisotopic (exact) mass is 340 g/mol. The fourth-order valence-corrected chi connectivity index (χ4v) is 3.29. The van der Waals surface area contributed by atoms with Crippen LogP contribution in [0.4, 0.5) is 10.1 Å². The van der Waals surface area contributed by atoms with Crippen molar-refractivity contribution in [2.75, 3.05) is 11.9 Å². The molecule has 0 aliphatic carbocycles. The van der Waals surface area contributed by atoms with Gasteiger partial charge >= 0.3 is 0 Å². The van der Waals surface area contributed by atoms with Crippen molar-refractivity contribution in [3.8, 4) is 0 Å². The van der Waals surface area contributed by atoms with Crippen LogP contribution in [0.15, 0.2) is 42.5 Å². The van der Waals surface area contributed by atoms with Crippen molar-refractivity contribution in [3.05, 3.63) is 65.0 Å². The van der Waals surface area contributed by atoms with E-state index in [1.807, 2.05) is 32.0 Å². The van der Waals surface area contributed by atoms with Crippen LogP contribution < -0.4 is 5.32 Å². The number of likely N-dealkylation sites (tertiary alicyclic amines) is 1. The van der Waals surface area contributed by atoms with Gasteiger partial charge in [0.2, 0.25) is 5.91 Å². The first-order valence-electron chi connectivity index (χ1n) is 8.41. The summed E-state index contributed by atoms with van der Waals surface area (Å²) in [6.07, 6.45) is 1.36. The predicted molar refractivity (Wildman–Crippen MR) is 95.0 cm³/mol. The van der Waals surface area contributed by atoms with E-state index in [-0.39, 0.29) is 17.4 Å². The molecule has 25 heavy (non-hydrogen) atoms. The number of carbonyl (C=O) groups is 2. The molecule has 1 aliphatic heterocycles. The average Bonchev–Trinajstić information content (AvgIpc) is 3.07. The minimum Gasteiger partial charge on any atom is -0.327 e. The number of carbonyl (C=O) groups excluding carboxylic acids is 2. The van der Waals surface area contributed by atoms with E-state index in [0.29, 0.717) is 13.0 Å². The van der Waals surface area contributed by atoms with Gasteiger partial charge in [0.1, 0.15) is 11.9 Å². The summed E-state index contributed by atoms with van der Waals surface area (Å²) in [6, 6.07) is 10.9. The molecule has 0 radical (unpaired) electrons. The maximum absolute atomic E-state index is 13.4. The summed E-state index contributed by atoms with van der Waals surface area (Å²) in [6.45, 7) is 4.38. The van der Waals surface area contributed by atoms with Crippen molar-refractivity contribution in [1.82, 2.24) is 4.90 Å². The number of nitrogens with one attached hydrogen (secondary N) is 1. The summed E-state index contributed by atoms with van der Waals surface area (Å²) < 4.78 is 13.4. The molecule has 0 aromatic heterocycles. The van der Waals surface area contributed by atoms with Crippen LogP contribution in [0.25, 0.3) is 0 Å². The first kappa shape index (κ1) is 17.1. The Morgan fingerprint density at radius 2 is 1.80 bits per heavy atom. The molecule has 2 aromatic rings. The molecule has 1 fully saturated rings. The van der Waals surface area contributed by atoms with E-state index in [9.17, 15) is 14.0 Å². The second-order valence-corrected chi connectivity index (χ2v) is 6.42. The number of hydrogen-bond donors (Lipinski definition) is 1. The topological polar surface area (TPSA) is 49.4 Å². The fourth-order valence-electron chi connectivity index (χ4n) is 3.29. The zero-order chi connectivity index (χ0) is 18.0. The van der Waals surface area contributed by atoms with Gasteiger partial charge in [0.15, 0.2) is 0 Å². The predicted octanol–water partition coefficient (Wildman–Crippen LogP) is 3.69. The quantitative estimate of drug-likeness (QED) is 0.926. The summed E-state index contributed by atoms with van der Waals surface area (Å²) >= 11 is 0. The highest BCUT2D eigenvalue weighted by Gasteiger charge is 2.34. The zero-order valence-electron chi connectivity index (χ0n) is 14.4. The van der Waals surface area contributed by atoms with Crippen LogP contribution in [0.3, 0.4) is 0 Å². The van der Waals surface area contributed by atoms with E-state index in [0.717, 1.165) is 23.2 Å². The maximum Gasteiger partial charge on any atom is 0.254 e. The Balaban J connectivity index is 1.79. The summed E-state index contributed by atoms with van der Waals surface area (Å²) in [4.78, 5) is 27.0. The molecule has 1 heterocycles. The smallest absolute Gasteiger partial charge is 0.254 e. The van der Waals surface area contributed by atoms with Crippen LogP contribution >= 0.6 is 0 Å². The second kappa shape index (κ2) is 7.05. The molecule has 0 spiro atoms. The lowest BCUT2D eigenvalue weighted by atomic mass is 10.1. The Labute approximate surface area is 146 Å². The molecule has 0 bridgehead atoms. The number of amides is 2. The first-order chi connectivity index (χ1) is 12.0. The summed E-state index contributed by atoms with van der Waals surface area (Å²) in [7, 11) is 0. The molecule has 130 valence electrons. The number of para-hydroxylation sites is 1. The van der Waals surface area contributed by atoms with Crippen LogP contribution in [0.1, 0.15) is 34.3 Å². The van der Waals surface area contributed by atoms with Gasteiger partial charge in [-0.05, 0) is 56.0 Å². The molecule has 2 aromatic carbocycles. The zero-order valence-corrected chi connectivity index (χ0v) is 14.4. The van der Waals surface area contributed by atoms with Crippen molar-refractivity contribution < 1.29 is 14.0 Å². The van der Waals surface area contributed by atoms with Gasteiger partial charge in [-0.1, -0.05) is 24.3 Å². The van der Waals surface area contributed by atoms with Gasteiger partial charge in [0.25, 0.3) is 5.91 Å². The molecular weight excluding hydrogens is 319 g/mol. The standard InChI is InChI=1S/C20H21FN2O2/c1-13-6-3-7-14(2)18(13)22-19(24)17-10-5-11-23(17)20(25)15-8-4-9-16(21)12-15/h3-4,6-9,12,17H,5,10-11H2,1-2H3,(H,22,24)/t17-/m0/s1. The van der Waals surface area contributed by atoms with Crippen LogP contribution in [-0.4, -0.2) is 29.3 Å². The molecular formula is C20H21FN2O2. The van der Waals surface area contributed by atoms with Gasteiger partial charge in [-0.25, -0.2) is 4.39 Å². The number of rotatable bonds is 3. The third-order valence-electron chi connectivity index (χ3n) is 4.62. The summed E-state index contributed by atoms with van der Waals surface area (Å²) in [5.41, 5.74) is 3.02. The van der Waals surface area contributed by atoms with Crippen LogP contribution in [0.5, 0.6) is 0 Å². The van der Waals surface area contributed by atoms with Crippen molar-refractivity contribution in [3.63, 3.8) is 0 Å². The highest BCUT2D eigenvalue weighted by atomic mass is 19.1. The fraction of sp³-hybridized carbons (Fsp3) is 0.300. The number of aryl methyl sites for hydroxylation is 2. The van der Waals surface area contributed by atoms with Gasteiger partial charge < -0.3 is 10.2 Å². The lowest BCUT2D eigenvalue weighted by Gasteiger charge is -2.25. The number of hydrogen-bond acceptors (Lipinski definition) is 2. The van der Waals surface area contributed by atoms with Gasteiger partial charge in [-0.3, -0.25) is 9.59 Å². The largest absolute Gasteiger partial charge is 0.327 e. The molecule has 1 saturated heterocycles. The highest BCUT2D eigenvalue weighted by molar-refractivity contribution is 6.02. The second-order valence-electron chi connectivity index (χ2n) is 6.42. The molecule has 1 aliphatic rings. The van der Waals surface area contributed by atoms with Crippen LogP contribution in [-0.2, 0) is 4.79 Å². The van der Waals surface area contributed by atoms with Gasteiger partial charge in [0, 0.05) is 17.8 Å². The Hall–Kier alpha value is -2.69. The first-order valence-corrected chi connectivity index (χ1v) is 8.41. The Morgan fingerprint density at radius 3 is 2.48 bits per heavy atom. The van der Waals surface area contributed by atoms with Crippen LogP contribution in [0, 0.1) is 19.7 Å². The van der Waals surface area contributed by atoms with Gasteiger partial charge in [0.05, 0.1) is 0 Å². The Morgan fingerprint density at radius 1 is 1.12 bits per heavy atom. The van der Waals surface area contributed by atoms with Crippen molar-refractivity contribution in [2.24, 2.45) is 0 Å². The van der Waals surface area contributed by atoms with Gasteiger partial charge in [-0.15, -0.1) is 0 Å². The third-order valence-corrected chi connectivity index (χ3v) is 4.62. The van der Waals surface area contributed by atoms with E-state index in [2.05, 4.69) is 5.32 Å². The summed E-state index contributed by atoms with van der Waals surface area (Å²) in [5.74, 6) is -0.958. The molecule has 1 N–H and O–H groups in total. The lowest BCUT2D eigenvalue weighted by molar-refractivity contribution is -0.119. The third kappa shape index (κ3) is 3.55.